The minimum atomic E-state index is -1.22. The lowest BCUT2D eigenvalue weighted by molar-refractivity contribution is -0.153. The lowest BCUT2D eigenvalue weighted by Gasteiger charge is -2.40. The topological polar surface area (TPSA) is 121 Å². The molecule has 0 aliphatic carbocycles. The summed E-state index contributed by atoms with van der Waals surface area (Å²) in [6.45, 7) is 11.7. The van der Waals surface area contributed by atoms with E-state index in [2.05, 4.69) is 23.5 Å². The van der Waals surface area contributed by atoms with Gasteiger partial charge in [0.15, 0.2) is 0 Å². The van der Waals surface area contributed by atoms with Gasteiger partial charge in [0.1, 0.15) is 23.8 Å². The lowest BCUT2D eigenvalue weighted by Crippen LogP contribution is -2.59. The number of aliphatic hydroxyl groups is 1. The van der Waals surface area contributed by atoms with Crippen molar-refractivity contribution in [1.29, 1.82) is 0 Å². The number of anilines is 1. The molecule has 2 unspecified atom stereocenters. The molecular weight excluding hydrogens is 572 g/mol. The highest BCUT2D eigenvalue weighted by atomic mass is 16.5. The van der Waals surface area contributed by atoms with Gasteiger partial charge in [0.05, 0.1) is 36.1 Å². The molecule has 3 amide bonds. The van der Waals surface area contributed by atoms with E-state index in [0.717, 1.165) is 5.52 Å². The van der Waals surface area contributed by atoms with Crippen LogP contribution < -0.4 is 4.90 Å². The van der Waals surface area contributed by atoms with Gasteiger partial charge in [-0.3, -0.25) is 14.4 Å². The van der Waals surface area contributed by atoms with Gasteiger partial charge in [-0.1, -0.05) is 61.5 Å². The van der Waals surface area contributed by atoms with Crippen molar-refractivity contribution in [1.82, 2.24) is 24.8 Å². The molecule has 3 fully saturated rings. The summed E-state index contributed by atoms with van der Waals surface area (Å²) in [5.74, 6) is -2.74. The molecular formula is C34H40N6O5. The molecule has 4 heterocycles. The number of carbonyl (C=O) groups is 3. The number of fused-ring (bicyclic) bond motifs is 2. The molecule has 2 aromatic carbocycles. The van der Waals surface area contributed by atoms with Crippen LogP contribution in [-0.4, -0.2) is 91.1 Å². The molecule has 45 heavy (non-hydrogen) atoms. The van der Waals surface area contributed by atoms with Crippen LogP contribution in [0.4, 0.5) is 5.69 Å². The maximum absolute atomic E-state index is 14.8. The van der Waals surface area contributed by atoms with Crippen LogP contribution in [0.15, 0.2) is 79.9 Å². The van der Waals surface area contributed by atoms with Gasteiger partial charge < -0.3 is 24.5 Å². The molecule has 1 spiro atoms. The largest absolute Gasteiger partial charge is 0.394 e. The van der Waals surface area contributed by atoms with E-state index in [4.69, 9.17) is 4.74 Å². The number of carbonyl (C=O) groups excluding carboxylic acids is 3. The Bertz CT molecular complexity index is 1610. The molecule has 1 N–H and O–H groups in total. The molecule has 11 heteroatoms. The van der Waals surface area contributed by atoms with E-state index in [1.54, 1.807) is 26.6 Å². The number of aromatic nitrogens is 3. The SMILES string of the molecule is C=CCN(Cn1nnc2ccccc21)C(=O)C1N([C@@H](CO)C(C)C)C(=O)[C@@H]2[C@H](C(=O)N(CC=C)c3ccccc3)[C@@H]3CCC12O3. The Morgan fingerprint density at radius 3 is 2.49 bits per heavy atom. The van der Waals surface area contributed by atoms with Gasteiger partial charge in [-0.05, 0) is 43.0 Å². The third kappa shape index (κ3) is 4.94. The number of aliphatic hydroxyl groups excluding tert-OH is 1. The first-order valence-electron chi connectivity index (χ1n) is 15.5. The Balaban J connectivity index is 1.41. The first-order chi connectivity index (χ1) is 21.8. The number of ether oxygens (including phenoxy) is 1. The zero-order valence-electron chi connectivity index (χ0n) is 25.7. The highest BCUT2D eigenvalue weighted by molar-refractivity contribution is 6.03. The van der Waals surface area contributed by atoms with Gasteiger partial charge in [0.2, 0.25) is 17.7 Å². The predicted molar refractivity (Wildman–Crippen MR) is 169 cm³/mol. The Morgan fingerprint density at radius 2 is 1.80 bits per heavy atom. The van der Waals surface area contributed by atoms with Crippen LogP contribution in [0.2, 0.25) is 0 Å². The number of amides is 3. The molecule has 11 nitrogen and oxygen atoms in total. The number of nitrogens with zero attached hydrogens (tertiary/aromatic N) is 6. The first kappa shape index (κ1) is 30.7. The molecule has 3 aliphatic heterocycles. The molecule has 236 valence electrons. The third-order valence-electron chi connectivity index (χ3n) is 9.60. The van der Waals surface area contributed by atoms with Crippen molar-refractivity contribution in [3.05, 3.63) is 79.9 Å². The second-order valence-corrected chi connectivity index (χ2v) is 12.4. The summed E-state index contributed by atoms with van der Waals surface area (Å²) in [6, 6.07) is 15.1. The average Bonchev–Trinajstić information content (AvgIpc) is 3.79. The average molecular weight is 613 g/mol. The summed E-state index contributed by atoms with van der Waals surface area (Å²) in [7, 11) is 0. The van der Waals surface area contributed by atoms with Crippen molar-refractivity contribution in [2.45, 2.75) is 57.1 Å². The Labute approximate surface area is 262 Å². The quantitative estimate of drug-likeness (QED) is 0.312. The van der Waals surface area contributed by atoms with Crippen molar-refractivity contribution in [2.75, 3.05) is 24.6 Å². The van der Waals surface area contributed by atoms with E-state index in [-0.39, 0.29) is 50.0 Å². The highest BCUT2D eigenvalue weighted by Crippen LogP contribution is 2.59. The van der Waals surface area contributed by atoms with Gasteiger partial charge in [-0.15, -0.1) is 18.3 Å². The number of hydrogen-bond acceptors (Lipinski definition) is 7. The molecule has 0 saturated carbocycles. The van der Waals surface area contributed by atoms with Crippen LogP contribution in [0, 0.1) is 17.8 Å². The standard InChI is InChI=1S/C34H40N6O5/c1-5-18-37(21-39-25-15-11-10-14-24(25)35-36-39)33(44)30-34-17-16-27(45-34)28(29(34)32(43)40(30)26(20-41)22(3)4)31(42)38(19-6-2)23-12-8-7-9-13-23/h5-15,22,26-30,41H,1-2,16-21H2,3-4H3/t26-,27-,28+,29-,30?,34?/m0/s1. The van der Waals surface area contributed by atoms with Crippen molar-refractivity contribution in [2.24, 2.45) is 17.8 Å². The van der Waals surface area contributed by atoms with Gasteiger partial charge in [0, 0.05) is 18.8 Å². The Hall–Kier alpha value is -4.35. The molecule has 2 bridgehead atoms. The van der Waals surface area contributed by atoms with Crippen molar-refractivity contribution >= 4 is 34.4 Å². The molecule has 6 atom stereocenters. The van der Waals surface area contributed by atoms with E-state index in [0.29, 0.717) is 24.0 Å². The summed E-state index contributed by atoms with van der Waals surface area (Å²) >= 11 is 0. The monoisotopic (exact) mass is 612 g/mol. The molecule has 3 aromatic rings. The maximum Gasteiger partial charge on any atom is 0.250 e. The summed E-state index contributed by atoms with van der Waals surface area (Å²) in [6.07, 6.45) is 3.76. The maximum atomic E-state index is 14.8. The molecule has 3 aliphatic rings. The van der Waals surface area contributed by atoms with Gasteiger partial charge in [0.25, 0.3) is 0 Å². The minimum Gasteiger partial charge on any atom is -0.394 e. The second-order valence-electron chi connectivity index (χ2n) is 12.4. The number of benzene rings is 2. The first-order valence-corrected chi connectivity index (χ1v) is 15.5. The Morgan fingerprint density at radius 1 is 1.09 bits per heavy atom. The highest BCUT2D eigenvalue weighted by Gasteiger charge is 2.75. The smallest absolute Gasteiger partial charge is 0.250 e. The van der Waals surface area contributed by atoms with Crippen LogP contribution in [-0.2, 0) is 25.8 Å². The second kappa shape index (κ2) is 12.2. The zero-order chi connectivity index (χ0) is 31.9. The molecule has 3 saturated heterocycles. The molecule has 6 rings (SSSR count). The fourth-order valence-electron chi connectivity index (χ4n) is 7.60. The normalized spacial score (nSPS) is 25.9. The van der Waals surface area contributed by atoms with E-state index in [1.807, 2.05) is 68.4 Å². The van der Waals surface area contributed by atoms with Crippen LogP contribution in [0.25, 0.3) is 11.0 Å². The van der Waals surface area contributed by atoms with Crippen molar-refractivity contribution in [3.8, 4) is 0 Å². The summed E-state index contributed by atoms with van der Waals surface area (Å²) in [5, 5.41) is 19.1. The number of hydrogen-bond donors (Lipinski definition) is 1. The predicted octanol–water partition coefficient (Wildman–Crippen LogP) is 3.01. The fraction of sp³-hybridized carbons (Fsp3) is 0.441. The van der Waals surface area contributed by atoms with Crippen LogP contribution in [0.3, 0.4) is 0 Å². The van der Waals surface area contributed by atoms with Crippen molar-refractivity contribution < 1.29 is 24.2 Å². The summed E-state index contributed by atoms with van der Waals surface area (Å²) in [5.41, 5.74) is 0.933. The van der Waals surface area contributed by atoms with E-state index < -0.39 is 35.6 Å². The van der Waals surface area contributed by atoms with Crippen molar-refractivity contribution in [3.63, 3.8) is 0 Å². The van der Waals surface area contributed by atoms with Crippen LogP contribution in [0.5, 0.6) is 0 Å². The molecule has 0 radical (unpaired) electrons. The van der Waals surface area contributed by atoms with Gasteiger partial charge in [-0.25, -0.2) is 4.68 Å². The number of likely N-dealkylation sites (tertiary alicyclic amines) is 1. The zero-order valence-corrected chi connectivity index (χ0v) is 25.7. The number of para-hydroxylation sites is 2. The summed E-state index contributed by atoms with van der Waals surface area (Å²) in [4.78, 5) is 48.6. The fourth-order valence-corrected chi connectivity index (χ4v) is 7.60. The summed E-state index contributed by atoms with van der Waals surface area (Å²) < 4.78 is 8.34. The van der Waals surface area contributed by atoms with E-state index in [1.165, 1.54) is 4.90 Å². The van der Waals surface area contributed by atoms with Gasteiger partial charge in [-0.2, -0.15) is 0 Å². The lowest BCUT2D eigenvalue weighted by atomic mass is 9.70. The number of rotatable bonds is 12. The minimum absolute atomic E-state index is 0.0724. The van der Waals surface area contributed by atoms with Crippen LogP contribution >= 0.6 is 0 Å². The molecule has 1 aromatic heterocycles. The van der Waals surface area contributed by atoms with E-state index in [9.17, 15) is 19.5 Å². The van der Waals surface area contributed by atoms with Gasteiger partial charge >= 0.3 is 0 Å². The van der Waals surface area contributed by atoms with E-state index >= 15 is 0 Å². The van der Waals surface area contributed by atoms with Crippen LogP contribution in [0.1, 0.15) is 26.7 Å². The third-order valence-corrected chi connectivity index (χ3v) is 9.60. The Kier molecular flexibility index (Phi) is 8.32.